The summed E-state index contributed by atoms with van der Waals surface area (Å²) in [5.74, 6) is 2.48. The van der Waals surface area contributed by atoms with Gasteiger partial charge in [-0.3, -0.25) is 9.69 Å². The predicted octanol–water partition coefficient (Wildman–Crippen LogP) is 2.94. The van der Waals surface area contributed by atoms with Crippen LogP contribution in [0, 0.1) is 17.8 Å². The molecule has 25 heavy (non-hydrogen) atoms. The summed E-state index contributed by atoms with van der Waals surface area (Å²) < 4.78 is 11.4. The van der Waals surface area contributed by atoms with Crippen LogP contribution in [0.25, 0.3) is 0 Å². The number of carbonyl (C=O) groups excluding carboxylic acids is 1. The molecule has 0 N–H and O–H groups in total. The zero-order valence-corrected chi connectivity index (χ0v) is 16.1. The van der Waals surface area contributed by atoms with Crippen molar-refractivity contribution in [2.45, 2.75) is 50.4 Å². The van der Waals surface area contributed by atoms with Crippen molar-refractivity contribution >= 4 is 22.7 Å². The minimum Gasteiger partial charge on any atom is -0.379 e. The van der Waals surface area contributed by atoms with E-state index in [4.69, 9.17) is 9.47 Å². The highest BCUT2D eigenvalue weighted by Crippen LogP contribution is 2.51. The predicted molar refractivity (Wildman–Crippen MR) is 99.8 cm³/mol. The van der Waals surface area contributed by atoms with Gasteiger partial charge in [0, 0.05) is 19.6 Å². The molecule has 0 aromatic carbocycles. The number of aliphatic imine (C=N–C) groups is 1. The number of carbonyl (C=O) groups is 1. The molecule has 4 rings (SSSR count). The molecule has 4 unspecified atom stereocenters. The monoisotopic (exact) mass is 366 g/mol. The van der Waals surface area contributed by atoms with Crippen LogP contribution in [0.2, 0.25) is 0 Å². The van der Waals surface area contributed by atoms with E-state index >= 15 is 0 Å². The molecule has 0 aromatic rings. The molecule has 4 aliphatic rings. The molecule has 2 heterocycles. The minimum atomic E-state index is -0.794. The highest BCUT2D eigenvalue weighted by Gasteiger charge is 2.45. The van der Waals surface area contributed by atoms with E-state index in [1.54, 1.807) is 11.8 Å². The van der Waals surface area contributed by atoms with Crippen molar-refractivity contribution in [2.75, 3.05) is 39.5 Å². The molecule has 3 fully saturated rings. The van der Waals surface area contributed by atoms with Gasteiger partial charge < -0.3 is 9.47 Å². The van der Waals surface area contributed by atoms with Gasteiger partial charge in [-0.05, 0) is 56.8 Å². The molecule has 0 aromatic heterocycles. The van der Waals surface area contributed by atoms with Gasteiger partial charge in [0.15, 0.2) is 4.93 Å². The third-order valence-electron chi connectivity index (χ3n) is 6.35. The highest BCUT2D eigenvalue weighted by molar-refractivity contribution is 8.16. The fourth-order valence-electron chi connectivity index (χ4n) is 4.92. The lowest BCUT2D eigenvalue weighted by Gasteiger charge is -2.27. The van der Waals surface area contributed by atoms with Gasteiger partial charge in [-0.25, -0.2) is 4.99 Å². The number of morpholine rings is 1. The molecule has 1 amide bonds. The van der Waals surface area contributed by atoms with Crippen molar-refractivity contribution < 1.29 is 14.3 Å². The Morgan fingerprint density at radius 1 is 1.32 bits per heavy atom. The number of hydrogen-bond acceptors (Lipinski definition) is 5. The van der Waals surface area contributed by atoms with Crippen LogP contribution in [0.15, 0.2) is 4.99 Å². The lowest BCUT2D eigenvalue weighted by Crippen LogP contribution is -2.38. The molecular formula is C19H30N2O3S. The Morgan fingerprint density at radius 3 is 2.88 bits per heavy atom. The first kappa shape index (κ1) is 18.0. The fraction of sp³-hybridized carbons (Fsp3) is 0.895. The van der Waals surface area contributed by atoms with Crippen LogP contribution >= 0.6 is 11.8 Å². The largest absolute Gasteiger partial charge is 0.379 e. The van der Waals surface area contributed by atoms with Crippen molar-refractivity contribution in [1.29, 1.82) is 0 Å². The molecule has 0 radical (unpaired) electrons. The Bertz CT molecular complexity index is 535. The SMILES string of the molecule is CC1(OCCCN2CCOCC2)SC(CC2CC3CCC2C3)=NC1=O. The summed E-state index contributed by atoms with van der Waals surface area (Å²) in [6.45, 7) is 7.18. The molecular weight excluding hydrogens is 336 g/mol. The van der Waals surface area contributed by atoms with Crippen LogP contribution in [0.4, 0.5) is 0 Å². The summed E-state index contributed by atoms with van der Waals surface area (Å²) in [6.07, 6.45) is 7.50. The number of amides is 1. The van der Waals surface area contributed by atoms with E-state index in [2.05, 4.69) is 9.89 Å². The first-order chi connectivity index (χ1) is 12.1. The number of rotatable bonds is 7. The van der Waals surface area contributed by atoms with Crippen LogP contribution in [-0.2, 0) is 14.3 Å². The smallest absolute Gasteiger partial charge is 0.289 e. The maximum atomic E-state index is 12.4. The number of fused-ring (bicyclic) bond motifs is 2. The molecule has 2 aliphatic heterocycles. The molecule has 140 valence electrons. The Balaban J connectivity index is 1.20. The van der Waals surface area contributed by atoms with E-state index in [0.29, 0.717) is 6.61 Å². The Labute approximate surface area is 154 Å². The molecule has 2 bridgehead atoms. The van der Waals surface area contributed by atoms with Crippen LogP contribution in [0.5, 0.6) is 0 Å². The lowest BCUT2D eigenvalue weighted by atomic mass is 9.87. The number of ether oxygens (including phenoxy) is 2. The second kappa shape index (κ2) is 7.67. The Hall–Kier alpha value is -0.430. The number of nitrogens with zero attached hydrogens (tertiary/aromatic N) is 2. The molecule has 0 spiro atoms. The Kier molecular flexibility index (Phi) is 5.51. The van der Waals surface area contributed by atoms with Crippen molar-refractivity contribution in [1.82, 2.24) is 4.90 Å². The van der Waals surface area contributed by atoms with Gasteiger partial charge >= 0.3 is 0 Å². The van der Waals surface area contributed by atoms with Gasteiger partial charge in [-0.15, -0.1) is 0 Å². The lowest BCUT2D eigenvalue weighted by molar-refractivity contribution is -0.130. The maximum absolute atomic E-state index is 12.4. The molecule has 2 saturated carbocycles. The van der Waals surface area contributed by atoms with Gasteiger partial charge in [0.05, 0.1) is 24.9 Å². The zero-order valence-electron chi connectivity index (χ0n) is 15.2. The fourth-order valence-corrected chi connectivity index (χ4v) is 6.07. The van der Waals surface area contributed by atoms with Gasteiger partial charge in [0.2, 0.25) is 0 Å². The summed E-state index contributed by atoms with van der Waals surface area (Å²) in [7, 11) is 0. The molecule has 1 saturated heterocycles. The first-order valence-electron chi connectivity index (χ1n) is 9.87. The number of thioether (sulfide) groups is 1. The average molecular weight is 367 g/mol. The van der Waals surface area contributed by atoms with Gasteiger partial charge in [0.25, 0.3) is 5.91 Å². The summed E-state index contributed by atoms with van der Waals surface area (Å²) >= 11 is 1.57. The average Bonchev–Trinajstić information content (AvgIpc) is 3.29. The van der Waals surface area contributed by atoms with E-state index in [0.717, 1.165) is 68.5 Å². The van der Waals surface area contributed by atoms with Crippen LogP contribution in [-0.4, -0.2) is 60.2 Å². The third-order valence-corrected chi connectivity index (χ3v) is 7.52. The Morgan fingerprint density at radius 2 is 2.16 bits per heavy atom. The van der Waals surface area contributed by atoms with Gasteiger partial charge in [-0.1, -0.05) is 18.2 Å². The second-order valence-corrected chi connectivity index (χ2v) is 9.61. The van der Waals surface area contributed by atoms with Gasteiger partial charge in [0.1, 0.15) is 0 Å². The summed E-state index contributed by atoms with van der Waals surface area (Å²) in [5, 5.41) is 1.01. The molecule has 4 atom stereocenters. The van der Waals surface area contributed by atoms with Crippen LogP contribution in [0.1, 0.15) is 45.4 Å². The van der Waals surface area contributed by atoms with E-state index in [1.165, 1.54) is 25.7 Å². The third kappa shape index (κ3) is 4.12. The van der Waals surface area contributed by atoms with Crippen molar-refractivity contribution in [3.8, 4) is 0 Å². The van der Waals surface area contributed by atoms with E-state index in [9.17, 15) is 4.79 Å². The highest BCUT2D eigenvalue weighted by atomic mass is 32.2. The van der Waals surface area contributed by atoms with E-state index < -0.39 is 4.93 Å². The van der Waals surface area contributed by atoms with Gasteiger partial charge in [-0.2, -0.15) is 0 Å². The zero-order chi connectivity index (χ0) is 17.3. The van der Waals surface area contributed by atoms with Crippen LogP contribution in [0.3, 0.4) is 0 Å². The van der Waals surface area contributed by atoms with Crippen molar-refractivity contribution in [3.63, 3.8) is 0 Å². The quantitative estimate of drug-likeness (QED) is 0.649. The van der Waals surface area contributed by atoms with Crippen LogP contribution < -0.4 is 0 Å². The summed E-state index contributed by atoms with van der Waals surface area (Å²) in [6, 6.07) is 0. The standard InChI is InChI=1S/C19H30N2O3S/c1-19(24-8-2-5-21-6-9-23-10-7-21)18(22)20-17(25-19)13-16-12-14-3-4-15(16)11-14/h14-16H,2-13H2,1H3. The maximum Gasteiger partial charge on any atom is 0.289 e. The molecule has 2 aliphatic carbocycles. The topological polar surface area (TPSA) is 51.1 Å². The minimum absolute atomic E-state index is 0.0953. The first-order valence-corrected chi connectivity index (χ1v) is 10.7. The normalized spacial score (nSPS) is 38.5. The van der Waals surface area contributed by atoms with Crippen molar-refractivity contribution in [3.05, 3.63) is 0 Å². The van der Waals surface area contributed by atoms with E-state index in [1.807, 2.05) is 6.92 Å². The second-order valence-electron chi connectivity index (χ2n) is 8.15. The summed E-state index contributed by atoms with van der Waals surface area (Å²) in [5.41, 5.74) is 0. The summed E-state index contributed by atoms with van der Waals surface area (Å²) in [4.78, 5) is 18.3. The van der Waals surface area contributed by atoms with E-state index in [-0.39, 0.29) is 5.91 Å². The molecule has 5 nitrogen and oxygen atoms in total. The molecule has 6 heteroatoms. The number of hydrogen-bond donors (Lipinski definition) is 0. The van der Waals surface area contributed by atoms with Crippen molar-refractivity contribution in [2.24, 2.45) is 22.7 Å².